The molecule has 6 heteroatoms. The van der Waals surface area contributed by atoms with Crippen molar-refractivity contribution in [3.63, 3.8) is 0 Å². The molecule has 1 aliphatic rings. The summed E-state index contributed by atoms with van der Waals surface area (Å²) in [5.74, 6) is 0. The van der Waals surface area contributed by atoms with Gasteiger partial charge < -0.3 is 0 Å². The Bertz CT molecular complexity index is 51.1. The normalized spacial score (nSPS) is 32.0. The third kappa shape index (κ3) is 1.55. The SMILES string of the molecule is N1=PNPN[P]1. The number of rotatable bonds is 0. The molecule has 1 aliphatic heterocycles. The van der Waals surface area contributed by atoms with Gasteiger partial charge in [-0.25, -0.2) is 14.2 Å². The zero-order valence-electron chi connectivity index (χ0n) is 2.84. The Balaban J connectivity index is 2.26. The van der Waals surface area contributed by atoms with Gasteiger partial charge >= 0.3 is 0 Å². The molecule has 1 radical (unpaired) electrons. The molecule has 1 heterocycles. The van der Waals surface area contributed by atoms with Crippen LogP contribution in [0.3, 0.4) is 0 Å². The summed E-state index contributed by atoms with van der Waals surface area (Å²) in [6.45, 7) is 0. The molecule has 0 saturated heterocycles. The van der Waals surface area contributed by atoms with Crippen molar-refractivity contribution in [1.82, 2.24) is 9.72 Å². The first kappa shape index (κ1) is 5.03. The molecule has 33 valence electrons. The molecule has 0 aromatic rings. The number of nitrogens with zero attached hydrogens (tertiary/aromatic N) is 1. The number of hydrogen-bond donors (Lipinski definition) is 2. The Morgan fingerprint density at radius 1 is 1.50 bits per heavy atom. The molecule has 2 N–H and O–H groups in total. The third-order valence-corrected chi connectivity index (χ3v) is 2.71. The smallest absolute Gasteiger partial charge is 0.162 e. The molecule has 6 heavy (non-hydrogen) atoms. The van der Waals surface area contributed by atoms with E-state index >= 15 is 0 Å². The van der Waals surface area contributed by atoms with Crippen LogP contribution >= 0.6 is 26.3 Å². The molecule has 0 bridgehead atoms. The van der Waals surface area contributed by atoms with Crippen LogP contribution in [0.15, 0.2) is 4.52 Å². The second-order valence-corrected chi connectivity index (χ2v) is 3.79. The molecule has 0 saturated carbocycles. The van der Waals surface area contributed by atoms with E-state index in [0.29, 0.717) is 8.88 Å². The van der Waals surface area contributed by atoms with E-state index in [0.717, 1.165) is 17.4 Å². The van der Waals surface area contributed by atoms with Crippen LogP contribution in [0.1, 0.15) is 0 Å². The predicted molar refractivity (Wildman–Crippen MR) is 30.9 cm³/mol. The van der Waals surface area contributed by atoms with Crippen LogP contribution < -0.4 is 9.72 Å². The van der Waals surface area contributed by atoms with Crippen LogP contribution in [-0.2, 0) is 0 Å². The fraction of sp³-hybridized carbons (Fsp3) is 0. The Hall–Kier alpha value is 0.880. The van der Waals surface area contributed by atoms with E-state index in [1.54, 1.807) is 0 Å². The molecule has 0 aromatic heterocycles. The van der Waals surface area contributed by atoms with Crippen LogP contribution in [-0.4, -0.2) is 0 Å². The second-order valence-electron chi connectivity index (χ2n) is 0.638. The van der Waals surface area contributed by atoms with Crippen molar-refractivity contribution in [1.29, 1.82) is 0 Å². The molecule has 0 aromatic carbocycles. The molecular weight excluding hydrogens is 135 g/mol. The first-order valence-corrected chi connectivity index (χ1v) is 4.04. The van der Waals surface area contributed by atoms with Gasteiger partial charge in [0.05, 0.1) is 0 Å². The largest absolute Gasteiger partial charge is 0.239 e. The van der Waals surface area contributed by atoms with Gasteiger partial charge in [-0.1, -0.05) is 0 Å². The van der Waals surface area contributed by atoms with E-state index in [1.807, 2.05) is 0 Å². The minimum atomic E-state index is 0.683. The van der Waals surface area contributed by atoms with Crippen molar-refractivity contribution in [3.8, 4) is 0 Å². The van der Waals surface area contributed by atoms with Gasteiger partial charge in [-0.05, 0) is 0 Å². The lowest BCUT2D eigenvalue weighted by atomic mass is 13.8. The minimum absolute atomic E-state index is 0.683. The van der Waals surface area contributed by atoms with Gasteiger partial charge in [-0.2, -0.15) is 0 Å². The van der Waals surface area contributed by atoms with Crippen molar-refractivity contribution in [2.24, 2.45) is 4.52 Å². The van der Waals surface area contributed by atoms with Gasteiger partial charge in [-0.3, -0.25) is 0 Å². The molecule has 1 atom stereocenters. The average molecular weight is 138 g/mol. The summed E-state index contributed by atoms with van der Waals surface area (Å²) >= 11 is 0. The Morgan fingerprint density at radius 3 is 2.67 bits per heavy atom. The summed E-state index contributed by atoms with van der Waals surface area (Å²) < 4.78 is 3.91. The van der Waals surface area contributed by atoms with Gasteiger partial charge in [0.15, 0.2) is 8.88 Å². The summed E-state index contributed by atoms with van der Waals surface area (Å²) in [4.78, 5) is 6.00. The summed E-state index contributed by atoms with van der Waals surface area (Å²) in [5, 5.41) is 0. The van der Waals surface area contributed by atoms with Crippen molar-refractivity contribution in [3.05, 3.63) is 0 Å². The van der Waals surface area contributed by atoms with E-state index in [1.165, 1.54) is 0 Å². The monoisotopic (exact) mass is 138 g/mol. The number of hydrogen-bond acceptors (Lipinski definition) is 3. The quantitative estimate of drug-likeness (QED) is 0.497. The maximum absolute atomic E-state index is 3.91. The van der Waals surface area contributed by atoms with Crippen LogP contribution in [0.4, 0.5) is 0 Å². The molecule has 0 amide bonds. The average Bonchev–Trinajstić information content (AvgIpc) is 1.72. The first-order valence-electron chi connectivity index (χ1n) is 1.35. The second kappa shape index (κ2) is 2.96. The van der Waals surface area contributed by atoms with Crippen molar-refractivity contribution < 1.29 is 0 Å². The lowest BCUT2D eigenvalue weighted by Gasteiger charge is -1.99. The Labute approximate surface area is 41.4 Å². The zero-order chi connectivity index (χ0) is 4.24. The minimum Gasteiger partial charge on any atom is -0.239 e. The Kier molecular flexibility index (Phi) is 2.48. The fourth-order valence-corrected chi connectivity index (χ4v) is 2.53. The predicted octanol–water partition coefficient (Wildman–Crippen LogP) is 1.51. The van der Waals surface area contributed by atoms with Gasteiger partial charge in [0.2, 0.25) is 0 Å². The van der Waals surface area contributed by atoms with Gasteiger partial charge in [0, 0.05) is 8.88 Å². The van der Waals surface area contributed by atoms with Gasteiger partial charge in [0.25, 0.3) is 0 Å². The lowest BCUT2D eigenvalue weighted by molar-refractivity contribution is 1.54. The maximum atomic E-state index is 3.91. The van der Waals surface area contributed by atoms with Crippen molar-refractivity contribution in [2.75, 3.05) is 0 Å². The van der Waals surface area contributed by atoms with E-state index in [-0.39, 0.29) is 0 Å². The molecule has 3 nitrogen and oxygen atoms in total. The summed E-state index contributed by atoms with van der Waals surface area (Å²) in [6, 6.07) is 0. The topological polar surface area (TPSA) is 36.4 Å². The van der Waals surface area contributed by atoms with E-state index in [4.69, 9.17) is 0 Å². The highest BCUT2D eigenvalue weighted by Crippen LogP contribution is 2.25. The standard InChI is InChI=1S/H3N3P3/c1-4-2-6-3-5-1/h1,4H,(H,2,3). The third-order valence-electron chi connectivity index (χ3n) is 0.301. The van der Waals surface area contributed by atoms with Crippen molar-refractivity contribution >= 4 is 26.3 Å². The zero-order valence-corrected chi connectivity index (χ0v) is 5.63. The highest BCUT2D eigenvalue weighted by Gasteiger charge is 1.86. The van der Waals surface area contributed by atoms with Crippen LogP contribution in [0, 0.1) is 0 Å². The first-order chi connectivity index (χ1) is 3.00. The highest BCUT2D eigenvalue weighted by atomic mass is 31.2. The highest BCUT2D eigenvalue weighted by molar-refractivity contribution is 7.61. The summed E-state index contributed by atoms with van der Waals surface area (Å²) in [6.07, 6.45) is 0. The molecule has 0 fully saturated rings. The van der Waals surface area contributed by atoms with E-state index in [2.05, 4.69) is 14.2 Å². The summed E-state index contributed by atoms with van der Waals surface area (Å²) in [5.41, 5.74) is 0. The molecule has 1 unspecified atom stereocenters. The van der Waals surface area contributed by atoms with Gasteiger partial charge in [-0.15, -0.1) is 0 Å². The van der Waals surface area contributed by atoms with Crippen molar-refractivity contribution in [2.45, 2.75) is 0 Å². The molecule has 0 aliphatic carbocycles. The molecular formula is H3N3P3. The number of nitrogens with one attached hydrogen (secondary N) is 2. The van der Waals surface area contributed by atoms with Crippen LogP contribution in [0.5, 0.6) is 0 Å². The van der Waals surface area contributed by atoms with Crippen LogP contribution in [0.25, 0.3) is 0 Å². The van der Waals surface area contributed by atoms with E-state index < -0.39 is 0 Å². The maximum Gasteiger partial charge on any atom is 0.162 e. The van der Waals surface area contributed by atoms with Crippen LogP contribution in [0.2, 0.25) is 0 Å². The summed E-state index contributed by atoms with van der Waals surface area (Å²) in [7, 11) is 2.70. The molecule has 1 rings (SSSR count). The van der Waals surface area contributed by atoms with E-state index in [9.17, 15) is 0 Å². The fourth-order valence-electron chi connectivity index (χ4n) is 0.142. The Morgan fingerprint density at radius 2 is 2.50 bits per heavy atom. The van der Waals surface area contributed by atoms with Gasteiger partial charge in [0.1, 0.15) is 8.52 Å². The molecule has 0 spiro atoms. The lowest BCUT2D eigenvalue weighted by Crippen LogP contribution is -1.91.